The van der Waals surface area contributed by atoms with Crippen molar-refractivity contribution in [3.63, 3.8) is 0 Å². The summed E-state index contributed by atoms with van der Waals surface area (Å²) < 4.78 is 0. The number of hydrogen-bond acceptors (Lipinski definition) is 2. The quantitative estimate of drug-likeness (QED) is 0.429. The molecule has 0 aliphatic heterocycles. The van der Waals surface area contributed by atoms with Gasteiger partial charge in [0.15, 0.2) is 0 Å². The molecule has 0 radical (unpaired) electrons. The van der Waals surface area contributed by atoms with Crippen LogP contribution in [0.2, 0.25) is 0 Å². The van der Waals surface area contributed by atoms with Crippen LogP contribution in [0.25, 0.3) is 5.76 Å². The Bertz CT molecular complexity index is 344. The van der Waals surface area contributed by atoms with Gasteiger partial charge in [0.1, 0.15) is 5.76 Å². The van der Waals surface area contributed by atoms with Gasteiger partial charge in [-0.1, -0.05) is 38.3 Å². The first-order chi connectivity index (χ1) is 7.75. The molecule has 0 aromatic heterocycles. The molecule has 0 saturated carbocycles. The molecule has 88 valence electrons. The van der Waals surface area contributed by atoms with Crippen molar-refractivity contribution in [2.24, 2.45) is 0 Å². The van der Waals surface area contributed by atoms with E-state index in [0.29, 0.717) is 11.4 Å². The molecule has 0 heterocycles. The zero-order valence-corrected chi connectivity index (χ0v) is 9.95. The molecule has 0 unspecified atom stereocenters. The lowest BCUT2D eigenvalue weighted by Crippen LogP contribution is -1.92. The standard InChI is InChI=1S/C14H21NO/c1-2-3-4-5-6-11-14(16)12-9-7-8-10-13(12)15/h7-11,16H,2-6,15H2,1H3/b14-11+. The van der Waals surface area contributed by atoms with Gasteiger partial charge in [0.2, 0.25) is 0 Å². The van der Waals surface area contributed by atoms with Crippen LogP contribution in [-0.4, -0.2) is 5.11 Å². The van der Waals surface area contributed by atoms with Crippen molar-refractivity contribution >= 4 is 11.4 Å². The molecule has 1 aromatic rings. The number of nitrogen functional groups attached to an aromatic ring is 1. The summed E-state index contributed by atoms with van der Waals surface area (Å²) in [4.78, 5) is 0. The van der Waals surface area contributed by atoms with E-state index in [9.17, 15) is 5.11 Å². The van der Waals surface area contributed by atoms with Crippen LogP contribution in [0.15, 0.2) is 30.3 Å². The number of anilines is 1. The molecule has 0 amide bonds. The minimum Gasteiger partial charge on any atom is -0.508 e. The van der Waals surface area contributed by atoms with Crippen molar-refractivity contribution in [2.75, 3.05) is 5.73 Å². The summed E-state index contributed by atoms with van der Waals surface area (Å²) in [6.07, 6.45) is 7.64. The van der Waals surface area contributed by atoms with Crippen LogP contribution in [0, 0.1) is 0 Å². The Balaban J connectivity index is 2.47. The third kappa shape index (κ3) is 3.97. The average Bonchev–Trinajstić information content (AvgIpc) is 2.29. The predicted octanol–water partition coefficient (Wildman–Crippen LogP) is 4.14. The summed E-state index contributed by atoms with van der Waals surface area (Å²) in [5, 5.41) is 9.84. The van der Waals surface area contributed by atoms with Crippen LogP contribution < -0.4 is 5.73 Å². The lowest BCUT2D eigenvalue weighted by Gasteiger charge is -2.04. The number of rotatable bonds is 6. The molecule has 1 aromatic carbocycles. The minimum atomic E-state index is 0.301. The molecule has 0 bridgehead atoms. The first-order valence-electron chi connectivity index (χ1n) is 5.99. The molecule has 0 aliphatic rings. The number of benzene rings is 1. The Morgan fingerprint density at radius 2 is 2.00 bits per heavy atom. The van der Waals surface area contributed by atoms with E-state index in [4.69, 9.17) is 5.73 Å². The maximum Gasteiger partial charge on any atom is 0.120 e. The maximum absolute atomic E-state index is 9.84. The van der Waals surface area contributed by atoms with Crippen LogP contribution in [-0.2, 0) is 0 Å². The molecule has 2 nitrogen and oxygen atoms in total. The number of unbranched alkanes of at least 4 members (excludes halogenated alkanes) is 4. The van der Waals surface area contributed by atoms with Gasteiger partial charge in [-0.25, -0.2) is 0 Å². The highest BCUT2D eigenvalue weighted by molar-refractivity contribution is 5.69. The molecule has 0 spiro atoms. The number of nitrogens with two attached hydrogens (primary N) is 1. The Labute approximate surface area is 97.8 Å². The summed E-state index contributed by atoms with van der Waals surface area (Å²) in [6.45, 7) is 2.19. The van der Waals surface area contributed by atoms with Gasteiger partial charge in [0.25, 0.3) is 0 Å². The Morgan fingerprint density at radius 1 is 1.25 bits per heavy atom. The zero-order chi connectivity index (χ0) is 11.8. The number of para-hydroxylation sites is 1. The van der Waals surface area contributed by atoms with Gasteiger partial charge < -0.3 is 10.8 Å². The largest absolute Gasteiger partial charge is 0.508 e. The molecule has 0 atom stereocenters. The van der Waals surface area contributed by atoms with Gasteiger partial charge in [0.05, 0.1) is 0 Å². The number of allylic oxidation sites excluding steroid dienone is 1. The second kappa shape index (κ2) is 6.94. The highest BCUT2D eigenvalue weighted by Crippen LogP contribution is 2.19. The number of aliphatic hydroxyl groups is 1. The SMILES string of the molecule is CCCCCC/C=C(/O)c1ccccc1N. The van der Waals surface area contributed by atoms with Gasteiger partial charge in [-0.2, -0.15) is 0 Å². The average molecular weight is 219 g/mol. The fourth-order valence-electron chi connectivity index (χ4n) is 1.65. The van der Waals surface area contributed by atoms with Crippen molar-refractivity contribution in [3.05, 3.63) is 35.9 Å². The highest BCUT2D eigenvalue weighted by atomic mass is 16.3. The Kier molecular flexibility index (Phi) is 5.48. The summed E-state index contributed by atoms with van der Waals surface area (Å²) in [6, 6.07) is 7.39. The second-order valence-corrected chi connectivity index (χ2v) is 4.03. The molecular weight excluding hydrogens is 198 g/mol. The molecule has 0 aliphatic carbocycles. The van der Waals surface area contributed by atoms with E-state index in [1.807, 2.05) is 24.3 Å². The molecule has 0 saturated heterocycles. The van der Waals surface area contributed by atoms with Crippen LogP contribution in [0.4, 0.5) is 5.69 Å². The zero-order valence-electron chi connectivity index (χ0n) is 9.95. The van der Waals surface area contributed by atoms with Crippen LogP contribution in [0.5, 0.6) is 0 Å². The van der Waals surface area contributed by atoms with Crippen LogP contribution in [0.3, 0.4) is 0 Å². The van der Waals surface area contributed by atoms with Crippen LogP contribution >= 0.6 is 0 Å². The van der Waals surface area contributed by atoms with Crippen molar-refractivity contribution < 1.29 is 5.11 Å². The van der Waals surface area contributed by atoms with Crippen molar-refractivity contribution in [2.45, 2.75) is 39.0 Å². The molecule has 0 fully saturated rings. The Morgan fingerprint density at radius 3 is 2.69 bits per heavy atom. The third-order valence-electron chi connectivity index (χ3n) is 2.63. The fraction of sp³-hybridized carbons (Fsp3) is 0.429. The summed E-state index contributed by atoms with van der Waals surface area (Å²) in [7, 11) is 0. The van der Waals surface area contributed by atoms with E-state index >= 15 is 0 Å². The van der Waals surface area contributed by atoms with E-state index in [1.54, 1.807) is 6.07 Å². The topological polar surface area (TPSA) is 46.2 Å². The monoisotopic (exact) mass is 219 g/mol. The third-order valence-corrected chi connectivity index (χ3v) is 2.63. The molecular formula is C14H21NO. The van der Waals surface area contributed by atoms with Gasteiger partial charge in [-0.3, -0.25) is 0 Å². The normalized spacial score (nSPS) is 11.7. The lowest BCUT2D eigenvalue weighted by atomic mass is 10.1. The van der Waals surface area contributed by atoms with E-state index in [0.717, 1.165) is 18.4 Å². The first kappa shape index (κ1) is 12.6. The van der Waals surface area contributed by atoms with Crippen LogP contribution in [0.1, 0.15) is 44.6 Å². The summed E-state index contributed by atoms with van der Waals surface area (Å²) in [5.74, 6) is 0.301. The molecule has 2 heteroatoms. The molecule has 1 rings (SSSR count). The fourth-order valence-corrected chi connectivity index (χ4v) is 1.65. The molecule has 3 N–H and O–H groups in total. The lowest BCUT2D eigenvalue weighted by molar-refractivity contribution is 0.508. The van der Waals surface area contributed by atoms with E-state index < -0.39 is 0 Å². The minimum absolute atomic E-state index is 0.301. The highest BCUT2D eigenvalue weighted by Gasteiger charge is 2.01. The Hall–Kier alpha value is -1.44. The summed E-state index contributed by atoms with van der Waals surface area (Å²) >= 11 is 0. The van der Waals surface area contributed by atoms with E-state index in [1.165, 1.54) is 19.3 Å². The van der Waals surface area contributed by atoms with Crippen molar-refractivity contribution in [1.82, 2.24) is 0 Å². The summed E-state index contributed by atoms with van der Waals surface area (Å²) in [5.41, 5.74) is 7.14. The van der Waals surface area contributed by atoms with Gasteiger partial charge in [0, 0.05) is 11.3 Å². The van der Waals surface area contributed by atoms with E-state index in [2.05, 4.69) is 6.92 Å². The number of aliphatic hydroxyl groups excluding tert-OH is 1. The molecule has 16 heavy (non-hydrogen) atoms. The first-order valence-corrected chi connectivity index (χ1v) is 5.99. The van der Waals surface area contributed by atoms with Gasteiger partial charge >= 0.3 is 0 Å². The second-order valence-electron chi connectivity index (χ2n) is 4.03. The van der Waals surface area contributed by atoms with E-state index in [-0.39, 0.29) is 0 Å². The number of hydrogen-bond donors (Lipinski definition) is 2. The van der Waals surface area contributed by atoms with Crippen molar-refractivity contribution in [3.8, 4) is 0 Å². The smallest absolute Gasteiger partial charge is 0.120 e. The van der Waals surface area contributed by atoms with Gasteiger partial charge in [-0.05, 0) is 31.1 Å². The van der Waals surface area contributed by atoms with Crippen molar-refractivity contribution in [1.29, 1.82) is 0 Å². The van der Waals surface area contributed by atoms with Gasteiger partial charge in [-0.15, -0.1) is 0 Å². The maximum atomic E-state index is 9.84. The predicted molar refractivity (Wildman–Crippen MR) is 70.2 cm³/mol.